The number of nitrogens with one attached hydrogen (secondary N) is 1. The summed E-state index contributed by atoms with van der Waals surface area (Å²) in [6.07, 6.45) is -4.86. The maximum absolute atomic E-state index is 13.1. The number of ether oxygens (including phenoxy) is 2. The van der Waals surface area contributed by atoms with Crippen molar-refractivity contribution in [1.82, 2.24) is 9.80 Å². The van der Waals surface area contributed by atoms with Crippen LogP contribution in [-0.4, -0.2) is 76.3 Å². The van der Waals surface area contributed by atoms with Gasteiger partial charge in [-0.05, 0) is 66.6 Å². The number of alkyl halides is 3. The van der Waals surface area contributed by atoms with E-state index in [1.54, 1.807) is 36.4 Å². The molecule has 9 nitrogen and oxygen atoms in total. The van der Waals surface area contributed by atoms with Crippen molar-refractivity contribution in [2.75, 3.05) is 31.5 Å². The average molecular weight is 716 g/mol. The second-order valence-corrected chi connectivity index (χ2v) is 13.9. The number of aliphatic hydroxyl groups is 2. The van der Waals surface area contributed by atoms with Crippen molar-refractivity contribution in [3.05, 3.63) is 100 Å². The second kappa shape index (κ2) is 15.0. The molecule has 13 heteroatoms. The van der Waals surface area contributed by atoms with Gasteiger partial charge < -0.3 is 34.8 Å². The van der Waals surface area contributed by atoms with Crippen molar-refractivity contribution in [2.24, 2.45) is 5.92 Å². The number of halogens is 4. The molecule has 0 saturated carbocycles. The fourth-order valence-corrected chi connectivity index (χ4v) is 7.26. The van der Waals surface area contributed by atoms with Gasteiger partial charge in [-0.3, -0.25) is 9.59 Å². The lowest BCUT2D eigenvalue weighted by molar-refractivity contribution is -0.277. The van der Waals surface area contributed by atoms with Crippen LogP contribution >= 0.6 is 11.6 Å². The Labute approximate surface area is 293 Å². The molecule has 0 spiro atoms. The van der Waals surface area contributed by atoms with Crippen molar-refractivity contribution in [2.45, 2.75) is 75.5 Å². The first-order valence-electron chi connectivity index (χ1n) is 16.8. The van der Waals surface area contributed by atoms with Gasteiger partial charge in [-0.1, -0.05) is 67.1 Å². The average Bonchev–Trinajstić information content (AvgIpc) is 3.60. The summed E-state index contributed by atoms with van der Waals surface area (Å²) >= 11 is 6.06. The van der Waals surface area contributed by atoms with Gasteiger partial charge in [0, 0.05) is 48.4 Å². The number of aliphatic hydroxyl groups excluding tert-OH is 1. The topological polar surface area (TPSA) is 112 Å². The zero-order valence-electron chi connectivity index (χ0n) is 27.6. The summed E-state index contributed by atoms with van der Waals surface area (Å²) in [5.41, 5.74) is 2.67. The van der Waals surface area contributed by atoms with Crippen molar-refractivity contribution in [3.63, 3.8) is 0 Å². The zero-order chi connectivity index (χ0) is 35.6. The number of piperidine rings is 1. The van der Waals surface area contributed by atoms with Crippen LogP contribution in [0.2, 0.25) is 5.02 Å². The highest BCUT2D eigenvalue weighted by Crippen LogP contribution is 2.43. The lowest BCUT2D eigenvalue weighted by atomic mass is 9.84. The Morgan fingerprint density at radius 1 is 0.940 bits per heavy atom. The third-order valence-corrected chi connectivity index (χ3v) is 10.4. The number of carbonyl (C=O) groups is 2. The van der Waals surface area contributed by atoms with E-state index in [1.807, 2.05) is 36.4 Å². The summed E-state index contributed by atoms with van der Waals surface area (Å²) in [4.78, 5) is 27.7. The van der Waals surface area contributed by atoms with Gasteiger partial charge in [0.1, 0.15) is 6.04 Å². The van der Waals surface area contributed by atoms with Crippen LogP contribution in [0.25, 0.3) is 0 Å². The quantitative estimate of drug-likeness (QED) is 0.259. The van der Waals surface area contributed by atoms with Crippen LogP contribution in [0.4, 0.5) is 18.9 Å². The highest BCUT2D eigenvalue weighted by molar-refractivity contribution is 6.30. The third-order valence-electron chi connectivity index (χ3n) is 10.1. The zero-order valence-corrected chi connectivity index (χ0v) is 28.4. The van der Waals surface area contributed by atoms with Crippen molar-refractivity contribution < 1.29 is 42.4 Å². The van der Waals surface area contributed by atoms with E-state index in [2.05, 4.69) is 17.1 Å². The number of nitrogens with zero attached hydrogens (tertiary/aromatic N) is 2. The summed E-state index contributed by atoms with van der Waals surface area (Å²) < 4.78 is 52.4. The van der Waals surface area contributed by atoms with E-state index >= 15 is 0 Å². The number of hydrogen-bond donors (Lipinski definition) is 3. The molecule has 3 heterocycles. The smallest absolute Gasteiger partial charge is 0.392 e. The minimum Gasteiger partial charge on any atom is -0.392 e. The van der Waals surface area contributed by atoms with Crippen LogP contribution in [0.15, 0.2) is 72.8 Å². The lowest BCUT2D eigenvalue weighted by Gasteiger charge is -2.45. The molecular weight excluding hydrogens is 675 g/mol. The summed E-state index contributed by atoms with van der Waals surface area (Å²) in [5.74, 6) is -2.75. The minimum absolute atomic E-state index is 0.0596. The van der Waals surface area contributed by atoms with Crippen LogP contribution in [0.1, 0.15) is 67.3 Å². The molecule has 5 unspecified atom stereocenters. The van der Waals surface area contributed by atoms with Gasteiger partial charge in [0.15, 0.2) is 6.29 Å². The Bertz CT molecular complexity index is 1630. The van der Waals surface area contributed by atoms with Gasteiger partial charge in [0.05, 0.1) is 24.4 Å². The van der Waals surface area contributed by atoms with Gasteiger partial charge in [0.25, 0.3) is 0 Å². The largest absolute Gasteiger partial charge is 0.471 e. The normalized spacial score (nSPS) is 25.7. The van der Waals surface area contributed by atoms with E-state index in [4.69, 9.17) is 21.1 Å². The first kappa shape index (κ1) is 36.3. The van der Waals surface area contributed by atoms with E-state index in [1.165, 1.54) is 0 Å². The van der Waals surface area contributed by atoms with E-state index < -0.39 is 35.9 Å². The van der Waals surface area contributed by atoms with E-state index in [9.17, 15) is 33.0 Å². The van der Waals surface area contributed by atoms with Crippen LogP contribution in [0, 0.1) is 5.92 Å². The molecule has 0 aliphatic carbocycles. The first-order chi connectivity index (χ1) is 23.8. The Morgan fingerprint density at radius 3 is 2.20 bits per heavy atom. The Hall–Kier alpha value is -3.52. The Balaban J connectivity index is 1.15. The van der Waals surface area contributed by atoms with Crippen molar-refractivity contribution in [1.29, 1.82) is 0 Å². The van der Waals surface area contributed by atoms with Gasteiger partial charge >= 0.3 is 12.1 Å². The molecule has 0 aromatic heterocycles. The van der Waals surface area contributed by atoms with Crippen LogP contribution in [0.3, 0.4) is 0 Å². The number of carbonyl (C=O) groups excluding carboxylic acids is 2. The molecule has 50 heavy (non-hydrogen) atoms. The van der Waals surface area contributed by atoms with Gasteiger partial charge in [-0.25, -0.2) is 0 Å². The predicted molar refractivity (Wildman–Crippen MR) is 180 cm³/mol. The standard InChI is InChI=1S/C37H41ClF3N3O6/c1-23-31(21-43-19-16-36(48,17-20-43)27-10-12-28(38)13-11-27)49-34(50-32(23)25-6-4-24(22-45)5-7-25)26-8-14-29(15-9-26)42-33(46)30-3-2-18-44(30)35(47)37(39,40)41/h4-15,23,30-32,34,45,48H,2-3,16-22H2,1H3,(H,42,46). The molecule has 3 aliphatic rings. The fraction of sp³-hybridized carbons (Fsp3) is 0.459. The Kier molecular flexibility index (Phi) is 10.9. The molecule has 3 N–H and O–H groups in total. The summed E-state index contributed by atoms with van der Waals surface area (Å²) in [5, 5.41) is 24.2. The summed E-state index contributed by atoms with van der Waals surface area (Å²) in [7, 11) is 0. The highest BCUT2D eigenvalue weighted by Gasteiger charge is 2.48. The molecule has 0 radical (unpaired) electrons. The molecule has 3 saturated heterocycles. The van der Waals surface area contributed by atoms with E-state index in [-0.39, 0.29) is 37.7 Å². The maximum Gasteiger partial charge on any atom is 0.471 e. The third kappa shape index (κ3) is 8.01. The molecular formula is C37H41ClF3N3O6. The second-order valence-electron chi connectivity index (χ2n) is 13.4. The van der Waals surface area contributed by atoms with Crippen molar-refractivity contribution >= 4 is 29.1 Å². The molecule has 0 bridgehead atoms. The Morgan fingerprint density at radius 2 is 1.58 bits per heavy atom. The van der Waals surface area contributed by atoms with E-state index in [0.717, 1.165) is 16.7 Å². The fourth-order valence-electron chi connectivity index (χ4n) is 7.13. The first-order valence-corrected chi connectivity index (χ1v) is 17.2. The highest BCUT2D eigenvalue weighted by atomic mass is 35.5. The maximum atomic E-state index is 13.1. The lowest BCUT2D eigenvalue weighted by Crippen LogP contribution is -2.49. The van der Waals surface area contributed by atoms with Crippen LogP contribution in [-0.2, 0) is 31.3 Å². The van der Waals surface area contributed by atoms with Gasteiger partial charge in [-0.15, -0.1) is 0 Å². The number of hydrogen-bond acceptors (Lipinski definition) is 7. The van der Waals surface area contributed by atoms with Crippen LogP contribution in [0.5, 0.6) is 0 Å². The molecule has 2 amide bonds. The molecule has 3 aromatic rings. The monoisotopic (exact) mass is 715 g/mol. The number of likely N-dealkylation sites (tertiary alicyclic amines) is 2. The minimum atomic E-state index is -5.05. The predicted octanol–water partition coefficient (Wildman–Crippen LogP) is 6.10. The number of amides is 2. The van der Waals surface area contributed by atoms with E-state index in [0.29, 0.717) is 60.1 Å². The molecule has 5 atom stereocenters. The molecule has 3 aromatic carbocycles. The van der Waals surface area contributed by atoms with Gasteiger partial charge in [0.2, 0.25) is 5.91 Å². The molecule has 268 valence electrons. The number of rotatable bonds is 8. The number of anilines is 1. The molecule has 6 rings (SSSR count). The van der Waals surface area contributed by atoms with Crippen LogP contribution < -0.4 is 5.32 Å². The SMILES string of the molecule is CC1C(CN2CCC(O)(c3ccc(Cl)cc3)CC2)OC(c2ccc(NC(=O)C3CCCN3C(=O)C(F)(F)F)cc2)OC1c1ccc(CO)cc1. The van der Waals surface area contributed by atoms with Crippen molar-refractivity contribution in [3.8, 4) is 0 Å². The number of benzene rings is 3. The molecule has 3 aliphatic heterocycles. The van der Waals surface area contributed by atoms with Gasteiger partial charge in [-0.2, -0.15) is 13.2 Å². The molecule has 3 fully saturated rings. The summed E-state index contributed by atoms with van der Waals surface area (Å²) in [6, 6.07) is 20.4. The summed E-state index contributed by atoms with van der Waals surface area (Å²) in [6.45, 7) is 3.80.